The molecule has 178 valence electrons. The molecular formula is C23H17Cl2N5O3S2. The highest BCUT2D eigenvalue weighted by atomic mass is 35.5. The van der Waals surface area contributed by atoms with Gasteiger partial charge in [0.15, 0.2) is 0 Å². The number of carbonyl (C=O) groups is 2. The van der Waals surface area contributed by atoms with Gasteiger partial charge in [0, 0.05) is 11.6 Å². The molecule has 8 nitrogen and oxygen atoms in total. The van der Waals surface area contributed by atoms with E-state index in [4.69, 9.17) is 23.2 Å². The molecule has 3 heterocycles. The molecule has 1 aromatic carbocycles. The van der Waals surface area contributed by atoms with E-state index in [2.05, 4.69) is 25.8 Å². The van der Waals surface area contributed by atoms with Crippen LogP contribution in [0.15, 0.2) is 59.4 Å². The van der Waals surface area contributed by atoms with Gasteiger partial charge in [-0.15, -0.1) is 22.7 Å². The van der Waals surface area contributed by atoms with Gasteiger partial charge in [0.1, 0.15) is 12.1 Å². The van der Waals surface area contributed by atoms with Crippen LogP contribution in [0.25, 0.3) is 10.4 Å². The SMILES string of the molecule is C/C(=N\NC(=O)c1ccc(C(=O)NCc2ccncn2)s1)c1csc(-c2ccc(Cl)c(Cl)c2)c1O. The molecule has 0 aliphatic carbocycles. The van der Waals surface area contributed by atoms with Crippen molar-refractivity contribution in [1.29, 1.82) is 0 Å². The van der Waals surface area contributed by atoms with Crippen LogP contribution in [0.3, 0.4) is 0 Å². The molecule has 4 rings (SSSR count). The van der Waals surface area contributed by atoms with Gasteiger partial charge in [0.05, 0.1) is 48.2 Å². The maximum absolute atomic E-state index is 12.5. The molecule has 0 unspecified atom stereocenters. The van der Waals surface area contributed by atoms with Crippen LogP contribution >= 0.6 is 45.9 Å². The predicted molar refractivity (Wildman–Crippen MR) is 139 cm³/mol. The first-order valence-electron chi connectivity index (χ1n) is 10.1. The molecule has 0 atom stereocenters. The molecule has 0 saturated carbocycles. The lowest BCUT2D eigenvalue weighted by molar-refractivity contribution is 0.0949. The number of nitrogens with zero attached hydrogens (tertiary/aromatic N) is 3. The van der Waals surface area contributed by atoms with Crippen LogP contribution in [0.5, 0.6) is 5.75 Å². The number of rotatable bonds is 7. The number of benzene rings is 1. The molecule has 12 heteroatoms. The number of aromatic nitrogens is 2. The molecule has 0 fully saturated rings. The van der Waals surface area contributed by atoms with Gasteiger partial charge >= 0.3 is 0 Å². The largest absolute Gasteiger partial charge is 0.506 e. The van der Waals surface area contributed by atoms with Crippen molar-refractivity contribution in [1.82, 2.24) is 20.7 Å². The Morgan fingerprint density at radius 1 is 1.09 bits per heavy atom. The van der Waals surface area contributed by atoms with Crippen LogP contribution in [0.2, 0.25) is 10.0 Å². The number of thiophene rings is 2. The standard InChI is InChI=1S/C23H17Cl2N5O3S2/c1-12(15-10-34-21(20(15)31)13-2-3-16(24)17(25)8-13)29-30-23(33)19-5-4-18(35-19)22(32)27-9-14-6-7-26-11-28-14/h2-8,10-11,31H,9H2,1H3,(H,27,32)(H,30,33)/b29-12+. The quantitative estimate of drug-likeness (QED) is 0.213. The zero-order valence-corrected chi connectivity index (χ0v) is 21.2. The summed E-state index contributed by atoms with van der Waals surface area (Å²) in [6, 6.07) is 9.91. The van der Waals surface area contributed by atoms with Crippen LogP contribution in [0.1, 0.15) is 37.5 Å². The summed E-state index contributed by atoms with van der Waals surface area (Å²) in [6.45, 7) is 1.92. The smallest absolute Gasteiger partial charge is 0.281 e. The van der Waals surface area contributed by atoms with E-state index in [1.165, 1.54) is 17.7 Å². The van der Waals surface area contributed by atoms with E-state index in [-0.39, 0.29) is 18.2 Å². The fraction of sp³-hybridized carbons (Fsp3) is 0.0870. The van der Waals surface area contributed by atoms with Crippen molar-refractivity contribution in [3.63, 3.8) is 0 Å². The van der Waals surface area contributed by atoms with Crippen molar-refractivity contribution in [3.8, 4) is 16.2 Å². The Morgan fingerprint density at radius 2 is 1.86 bits per heavy atom. The topological polar surface area (TPSA) is 117 Å². The van der Waals surface area contributed by atoms with E-state index in [1.54, 1.807) is 54.9 Å². The second-order valence-corrected chi connectivity index (χ2v) is 9.92. The number of nitrogens with one attached hydrogen (secondary N) is 2. The maximum Gasteiger partial charge on any atom is 0.281 e. The number of halogens is 2. The Balaban J connectivity index is 1.40. The fourth-order valence-electron chi connectivity index (χ4n) is 2.96. The van der Waals surface area contributed by atoms with Crippen LogP contribution in [0.4, 0.5) is 0 Å². The zero-order chi connectivity index (χ0) is 24.9. The highest BCUT2D eigenvalue weighted by Gasteiger charge is 2.17. The van der Waals surface area contributed by atoms with Crippen molar-refractivity contribution in [2.24, 2.45) is 5.10 Å². The molecule has 3 aromatic heterocycles. The summed E-state index contributed by atoms with van der Waals surface area (Å²) in [5.74, 6) is -0.753. The molecule has 0 aliphatic heterocycles. The minimum absolute atomic E-state index is 0.0302. The Morgan fingerprint density at radius 3 is 2.57 bits per heavy atom. The molecule has 4 aromatic rings. The maximum atomic E-state index is 12.5. The predicted octanol–water partition coefficient (Wildman–Crippen LogP) is 5.36. The first-order valence-corrected chi connectivity index (χ1v) is 12.5. The molecule has 0 radical (unpaired) electrons. The van der Waals surface area contributed by atoms with E-state index < -0.39 is 5.91 Å². The summed E-state index contributed by atoms with van der Waals surface area (Å²) < 4.78 is 0. The van der Waals surface area contributed by atoms with E-state index >= 15 is 0 Å². The lowest BCUT2D eigenvalue weighted by Crippen LogP contribution is -2.22. The van der Waals surface area contributed by atoms with Gasteiger partial charge in [-0.25, -0.2) is 15.4 Å². The highest BCUT2D eigenvalue weighted by Crippen LogP contribution is 2.40. The van der Waals surface area contributed by atoms with Gasteiger partial charge in [0.2, 0.25) is 0 Å². The monoisotopic (exact) mass is 545 g/mol. The van der Waals surface area contributed by atoms with Crippen molar-refractivity contribution < 1.29 is 14.7 Å². The van der Waals surface area contributed by atoms with Gasteiger partial charge in [-0.3, -0.25) is 9.59 Å². The van der Waals surface area contributed by atoms with Crippen LogP contribution in [-0.4, -0.2) is 32.6 Å². The van der Waals surface area contributed by atoms with Gasteiger partial charge in [0.25, 0.3) is 11.8 Å². The van der Waals surface area contributed by atoms with Crippen molar-refractivity contribution >= 4 is 63.4 Å². The summed E-state index contributed by atoms with van der Waals surface area (Å²) >= 11 is 14.4. The zero-order valence-electron chi connectivity index (χ0n) is 18.1. The van der Waals surface area contributed by atoms with Crippen molar-refractivity contribution in [3.05, 3.63) is 85.4 Å². The third kappa shape index (κ3) is 5.85. The average Bonchev–Trinajstić information content (AvgIpc) is 3.51. The molecule has 0 aliphatic rings. The Kier molecular flexibility index (Phi) is 7.76. The van der Waals surface area contributed by atoms with Gasteiger partial charge < -0.3 is 10.4 Å². The normalized spacial score (nSPS) is 11.3. The lowest BCUT2D eigenvalue weighted by Gasteiger charge is -2.04. The Hall–Kier alpha value is -3.31. The van der Waals surface area contributed by atoms with Crippen molar-refractivity contribution in [2.75, 3.05) is 0 Å². The number of amides is 2. The summed E-state index contributed by atoms with van der Waals surface area (Å²) in [7, 11) is 0. The van der Waals surface area contributed by atoms with E-state index in [1.807, 2.05) is 0 Å². The second kappa shape index (κ2) is 11.0. The first-order chi connectivity index (χ1) is 16.8. The minimum Gasteiger partial charge on any atom is -0.506 e. The van der Waals surface area contributed by atoms with E-state index in [0.29, 0.717) is 47.2 Å². The molecule has 0 spiro atoms. The molecule has 3 N–H and O–H groups in total. The fourth-order valence-corrected chi connectivity index (χ4v) is 5.08. The Bertz CT molecular complexity index is 1420. The number of carbonyl (C=O) groups excluding carboxylic acids is 2. The number of hydrogen-bond acceptors (Lipinski definition) is 8. The third-order valence-corrected chi connectivity index (χ3v) is 7.63. The lowest BCUT2D eigenvalue weighted by atomic mass is 10.1. The van der Waals surface area contributed by atoms with Crippen LogP contribution in [0, 0.1) is 0 Å². The summed E-state index contributed by atoms with van der Waals surface area (Å²) in [5, 5.41) is 20.1. The second-order valence-electron chi connectivity index (χ2n) is 7.14. The number of hydrazone groups is 1. The number of aromatic hydroxyl groups is 1. The molecule has 2 amide bonds. The molecular weight excluding hydrogens is 529 g/mol. The van der Waals surface area contributed by atoms with Gasteiger partial charge in [-0.1, -0.05) is 29.3 Å². The van der Waals surface area contributed by atoms with E-state index in [0.717, 1.165) is 11.3 Å². The molecule has 35 heavy (non-hydrogen) atoms. The Labute approximate surface area is 218 Å². The van der Waals surface area contributed by atoms with Crippen molar-refractivity contribution in [2.45, 2.75) is 13.5 Å². The third-order valence-electron chi connectivity index (χ3n) is 4.79. The van der Waals surface area contributed by atoms with Crippen LogP contribution < -0.4 is 10.7 Å². The summed E-state index contributed by atoms with van der Waals surface area (Å²) in [5.41, 5.74) is 4.75. The minimum atomic E-state index is -0.469. The molecule has 0 bridgehead atoms. The molecule has 0 saturated heterocycles. The average molecular weight is 546 g/mol. The van der Waals surface area contributed by atoms with Crippen LogP contribution in [-0.2, 0) is 6.54 Å². The first kappa shape index (κ1) is 24.8. The van der Waals surface area contributed by atoms with E-state index in [9.17, 15) is 14.7 Å². The highest BCUT2D eigenvalue weighted by molar-refractivity contribution is 7.16. The number of hydrogen-bond donors (Lipinski definition) is 3. The summed E-state index contributed by atoms with van der Waals surface area (Å²) in [4.78, 5) is 34.1. The summed E-state index contributed by atoms with van der Waals surface area (Å²) in [6.07, 6.45) is 3.00. The van der Waals surface area contributed by atoms with Gasteiger partial charge in [-0.2, -0.15) is 5.10 Å². The van der Waals surface area contributed by atoms with Gasteiger partial charge in [-0.05, 0) is 42.8 Å².